The van der Waals surface area contributed by atoms with Gasteiger partial charge in [0, 0.05) is 17.2 Å². The lowest BCUT2D eigenvalue weighted by atomic mass is 10.1. The van der Waals surface area contributed by atoms with Gasteiger partial charge < -0.3 is 5.11 Å². The third-order valence-electron chi connectivity index (χ3n) is 2.52. The summed E-state index contributed by atoms with van der Waals surface area (Å²) in [7, 11) is 0. The Labute approximate surface area is 111 Å². The minimum atomic E-state index is -1.08. The first-order valence-corrected chi connectivity index (χ1v) is 5.67. The fraction of sp³-hybridized carbons (Fsp3) is 0.0833. The zero-order chi connectivity index (χ0) is 14.0. The molecule has 0 amide bonds. The molecule has 0 aliphatic carbocycles. The first-order valence-electron chi connectivity index (χ1n) is 5.29. The number of nitrogens with one attached hydrogen (secondary N) is 1. The first kappa shape index (κ1) is 13.1. The van der Waals surface area contributed by atoms with Gasteiger partial charge in [0.15, 0.2) is 0 Å². The number of nitrogens with zero attached hydrogens (tertiary/aromatic N) is 1. The molecule has 98 valence electrons. The van der Waals surface area contributed by atoms with E-state index in [4.69, 9.17) is 16.7 Å². The summed E-state index contributed by atoms with van der Waals surface area (Å²) in [6.07, 6.45) is 0. The molecule has 1 aromatic carbocycles. The van der Waals surface area contributed by atoms with Crippen LogP contribution >= 0.6 is 11.6 Å². The van der Waals surface area contributed by atoms with E-state index >= 15 is 0 Å². The number of benzene rings is 1. The molecule has 19 heavy (non-hydrogen) atoms. The highest BCUT2D eigenvalue weighted by Crippen LogP contribution is 2.18. The number of carboxylic acid groups (broad SMARTS) is 1. The number of hydrogen-bond acceptors (Lipinski definition) is 3. The first-order chi connectivity index (χ1) is 8.97. The van der Waals surface area contributed by atoms with E-state index in [9.17, 15) is 14.4 Å². The molecule has 0 spiro atoms. The van der Waals surface area contributed by atoms with E-state index in [0.717, 1.165) is 16.8 Å². The summed E-state index contributed by atoms with van der Waals surface area (Å²) in [5.74, 6) is -1.08. The van der Waals surface area contributed by atoms with Crippen LogP contribution in [0.1, 0.15) is 15.9 Å². The van der Waals surface area contributed by atoms with E-state index in [1.54, 1.807) is 0 Å². The van der Waals surface area contributed by atoms with Crippen molar-refractivity contribution in [2.24, 2.45) is 0 Å². The molecular weight excluding hydrogens is 272 g/mol. The molecule has 1 aromatic heterocycles. The SMILES string of the molecule is O=C(O)c1ccc(Cn2[nH]c(=O)ccc2=O)c(Cl)c1. The van der Waals surface area contributed by atoms with Crippen molar-refractivity contribution in [3.63, 3.8) is 0 Å². The van der Waals surface area contributed by atoms with Gasteiger partial charge in [0.1, 0.15) is 0 Å². The van der Waals surface area contributed by atoms with Gasteiger partial charge in [0.2, 0.25) is 0 Å². The number of rotatable bonds is 3. The summed E-state index contributed by atoms with van der Waals surface area (Å²) in [4.78, 5) is 33.4. The van der Waals surface area contributed by atoms with Crippen molar-refractivity contribution in [1.29, 1.82) is 0 Å². The van der Waals surface area contributed by atoms with Crippen LogP contribution in [0.5, 0.6) is 0 Å². The molecule has 0 saturated carbocycles. The summed E-state index contributed by atoms with van der Waals surface area (Å²) < 4.78 is 1.10. The second kappa shape index (κ2) is 5.11. The van der Waals surface area contributed by atoms with E-state index in [1.807, 2.05) is 0 Å². The van der Waals surface area contributed by atoms with Gasteiger partial charge in [-0.3, -0.25) is 14.7 Å². The Hall–Kier alpha value is -2.34. The Bertz CT molecular complexity index is 748. The normalized spacial score (nSPS) is 10.4. The van der Waals surface area contributed by atoms with Crippen molar-refractivity contribution in [3.8, 4) is 0 Å². The molecule has 0 atom stereocenters. The fourth-order valence-corrected chi connectivity index (χ4v) is 1.80. The van der Waals surface area contributed by atoms with Gasteiger partial charge >= 0.3 is 5.97 Å². The quantitative estimate of drug-likeness (QED) is 0.875. The topological polar surface area (TPSA) is 92.2 Å². The Morgan fingerprint density at radius 2 is 2.00 bits per heavy atom. The van der Waals surface area contributed by atoms with Gasteiger partial charge in [-0.1, -0.05) is 17.7 Å². The molecule has 0 radical (unpaired) electrons. The summed E-state index contributed by atoms with van der Waals surface area (Å²) in [5, 5.41) is 11.4. The largest absolute Gasteiger partial charge is 0.478 e. The predicted molar refractivity (Wildman–Crippen MR) is 68.8 cm³/mol. The van der Waals surface area contributed by atoms with Crippen molar-refractivity contribution >= 4 is 17.6 Å². The van der Waals surface area contributed by atoms with E-state index in [-0.39, 0.29) is 22.7 Å². The van der Waals surface area contributed by atoms with E-state index < -0.39 is 11.5 Å². The zero-order valence-electron chi connectivity index (χ0n) is 9.59. The average Bonchev–Trinajstić information content (AvgIpc) is 2.36. The third-order valence-corrected chi connectivity index (χ3v) is 2.87. The summed E-state index contributed by atoms with van der Waals surface area (Å²) in [6, 6.07) is 6.47. The Balaban J connectivity index is 2.39. The van der Waals surface area contributed by atoms with Crippen LogP contribution in [0.25, 0.3) is 0 Å². The Morgan fingerprint density at radius 1 is 1.26 bits per heavy atom. The van der Waals surface area contributed by atoms with Gasteiger partial charge in [0.05, 0.1) is 12.1 Å². The van der Waals surface area contributed by atoms with Crippen LogP contribution < -0.4 is 11.1 Å². The average molecular weight is 281 g/mol. The third kappa shape index (κ3) is 2.92. The van der Waals surface area contributed by atoms with E-state index in [0.29, 0.717) is 5.56 Å². The number of halogens is 1. The van der Waals surface area contributed by atoms with Gasteiger partial charge in [-0.25, -0.2) is 9.48 Å². The Kier molecular flexibility index (Phi) is 3.52. The fourth-order valence-electron chi connectivity index (χ4n) is 1.56. The van der Waals surface area contributed by atoms with E-state index in [1.165, 1.54) is 18.2 Å². The molecule has 0 aliphatic heterocycles. The summed E-state index contributed by atoms with van der Waals surface area (Å²) in [6.45, 7) is 0.0631. The van der Waals surface area contributed by atoms with Gasteiger partial charge in [-0.2, -0.15) is 0 Å². The number of aromatic amines is 1. The molecule has 0 fully saturated rings. The maximum absolute atomic E-state index is 11.5. The van der Waals surface area contributed by atoms with Crippen molar-refractivity contribution in [1.82, 2.24) is 9.78 Å². The lowest BCUT2D eigenvalue weighted by Gasteiger charge is -2.07. The highest BCUT2D eigenvalue weighted by molar-refractivity contribution is 6.31. The molecule has 2 rings (SSSR count). The summed E-state index contributed by atoms with van der Waals surface area (Å²) >= 11 is 5.94. The maximum atomic E-state index is 11.5. The molecule has 0 bridgehead atoms. The molecule has 6 nitrogen and oxygen atoms in total. The highest BCUT2D eigenvalue weighted by Gasteiger charge is 2.08. The van der Waals surface area contributed by atoms with E-state index in [2.05, 4.69) is 5.10 Å². The number of H-pyrrole nitrogens is 1. The number of hydrogen-bond donors (Lipinski definition) is 2. The molecule has 0 unspecified atom stereocenters. The number of carbonyl (C=O) groups is 1. The molecule has 2 aromatic rings. The monoisotopic (exact) mass is 280 g/mol. The van der Waals surface area contributed by atoms with Crippen LogP contribution in [-0.2, 0) is 6.54 Å². The Morgan fingerprint density at radius 3 is 2.63 bits per heavy atom. The lowest BCUT2D eigenvalue weighted by Crippen LogP contribution is -2.28. The number of aromatic nitrogens is 2. The molecule has 0 saturated heterocycles. The van der Waals surface area contributed by atoms with Crippen molar-refractivity contribution in [2.75, 3.05) is 0 Å². The molecule has 0 aliphatic rings. The van der Waals surface area contributed by atoms with Crippen LogP contribution in [0.3, 0.4) is 0 Å². The molecule has 2 N–H and O–H groups in total. The number of aromatic carboxylic acids is 1. The molecule has 7 heteroatoms. The standard InChI is InChI=1S/C12H9ClN2O4/c13-9-5-7(12(18)19)1-2-8(9)6-15-11(17)4-3-10(16)14-15/h1-5H,6H2,(H,14,16)(H,18,19). The molecular formula is C12H9ClN2O4. The second-order valence-corrected chi connectivity index (χ2v) is 4.25. The number of carboxylic acids is 1. The zero-order valence-corrected chi connectivity index (χ0v) is 10.3. The van der Waals surface area contributed by atoms with Crippen molar-refractivity contribution in [3.05, 3.63) is 67.2 Å². The smallest absolute Gasteiger partial charge is 0.335 e. The van der Waals surface area contributed by atoms with Crippen LogP contribution in [0.4, 0.5) is 0 Å². The van der Waals surface area contributed by atoms with Crippen LogP contribution in [0.2, 0.25) is 5.02 Å². The predicted octanol–water partition coefficient (Wildman–Crippen LogP) is 0.936. The minimum Gasteiger partial charge on any atom is -0.478 e. The lowest BCUT2D eigenvalue weighted by molar-refractivity contribution is 0.0697. The summed E-state index contributed by atoms with van der Waals surface area (Å²) in [5.41, 5.74) is -0.186. The van der Waals surface area contributed by atoms with Crippen LogP contribution in [0.15, 0.2) is 39.9 Å². The minimum absolute atomic E-state index is 0.0580. The van der Waals surface area contributed by atoms with Crippen molar-refractivity contribution in [2.45, 2.75) is 6.54 Å². The van der Waals surface area contributed by atoms with Gasteiger partial charge in [0.25, 0.3) is 11.1 Å². The van der Waals surface area contributed by atoms with Crippen molar-refractivity contribution < 1.29 is 9.90 Å². The maximum Gasteiger partial charge on any atom is 0.335 e. The van der Waals surface area contributed by atoms with Gasteiger partial charge in [-0.15, -0.1) is 0 Å². The van der Waals surface area contributed by atoms with Crippen LogP contribution in [0, 0.1) is 0 Å². The highest BCUT2D eigenvalue weighted by atomic mass is 35.5. The molecule has 1 heterocycles. The van der Waals surface area contributed by atoms with Gasteiger partial charge in [-0.05, 0) is 17.7 Å². The second-order valence-electron chi connectivity index (χ2n) is 3.85. The van der Waals surface area contributed by atoms with Crippen LogP contribution in [-0.4, -0.2) is 20.9 Å².